The van der Waals surface area contributed by atoms with Crippen LogP contribution < -0.4 is 16.2 Å². The molecular weight excluding hydrogens is 350 g/mol. The number of carbonyl (C=O) groups is 1. The van der Waals surface area contributed by atoms with Gasteiger partial charge in [-0.2, -0.15) is 0 Å². The number of fused-ring (bicyclic) bond motifs is 1. The van der Waals surface area contributed by atoms with Gasteiger partial charge >= 0.3 is 0 Å². The van der Waals surface area contributed by atoms with Gasteiger partial charge in [0.2, 0.25) is 0 Å². The Balaban J connectivity index is 1.53. The Kier molecular flexibility index (Phi) is 5.71. The van der Waals surface area contributed by atoms with E-state index in [4.69, 9.17) is 12.2 Å². The standard InChI is InChI=1S/C19H23N3OS2/c1-12(2)13-7-9-14(10-8-13)20-19(24)22-21-18(23)16-11-25-17-6-4-3-5-15(16)17/h7-12H,3-6H2,1-2H3,(H,21,23)(H2,20,22,24). The van der Waals surface area contributed by atoms with Gasteiger partial charge in [0.15, 0.2) is 5.11 Å². The third kappa shape index (κ3) is 4.38. The summed E-state index contributed by atoms with van der Waals surface area (Å²) >= 11 is 6.94. The number of hydrogen-bond acceptors (Lipinski definition) is 3. The van der Waals surface area contributed by atoms with E-state index >= 15 is 0 Å². The summed E-state index contributed by atoms with van der Waals surface area (Å²) in [4.78, 5) is 13.7. The highest BCUT2D eigenvalue weighted by Crippen LogP contribution is 2.30. The molecule has 0 spiro atoms. The zero-order valence-electron chi connectivity index (χ0n) is 14.5. The second kappa shape index (κ2) is 7.97. The van der Waals surface area contributed by atoms with Gasteiger partial charge in [-0.3, -0.25) is 15.6 Å². The lowest BCUT2D eigenvalue weighted by atomic mass is 9.96. The summed E-state index contributed by atoms with van der Waals surface area (Å²) in [5.74, 6) is 0.369. The summed E-state index contributed by atoms with van der Waals surface area (Å²) < 4.78 is 0. The number of nitrogens with one attached hydrogen (secondary N) is 3. The Morgan fingerprint density at radius 2 is 1.84 bits per heavy atom. The number of amides is 1. The van der Waals surface area contributed by atoms with Crippen LogP contribution in [0.15, 0.2) is 29.6 Å². The van der Waals surface area contributed by atoms with E-state index in [0.29, 0.717) is 11.0 Å². The highest BCUT2D eigenvalue weighted by atomic mass is 32.1. The molecule has 4 nitrogen and oxygen atoms in total. The second-order valence-electron chi connectivity index (χ2n) is 6.57. The van der Waals surface area contributed by atoms with Crippen molar-refractivity contribution < 1.29 is 4.79 Å². The van der Waals surface area contributed by atoms with Crippen LogP contribution in [-0.4, -0.2) is 11.0 Å². The Labute approximate surface area is 158 Å². The normalized spacial score (nSPS) is 13.2. The molecule has 0 aliphatic heterocycles. The molecule has 1 aromatic heterocycles. The van der Waals surface area contributed by atoms with Gasteiger partial charge in [0, 0.05) is 15.9 Å². The average Bonchev–Trinajstić information content (AvgIpc) is 3.04. The fourth-order valence-corrected chi connectivity index (χ4v) is 4.27. The van der Waals surface area contributed by atoms with Gasteiger partial charge < -0.3 is 5.32 Å². The maximum absolute atomic E-state index is 12.4. The number of thiocarbonyl (C=S) groups is 1. The van der Waals surface area contributed by atoms with Gasteiger partial charge in [-0.25, -0.2) is 0 Å². The topological polar surface area (TPSA) is 53.2 Å². The summed E-state index contributed by atoms with van der Waals surface area (Å²) in [6, 6.07) is 8.12. The summed E-state index contributed by atoms with van der Waals surface area (Å²) in [7, 11) is 0. The van der Waals surface area contributed by atoms with Crippen molar-refractivity contribution >= 4 is 40.3 Å². The zero-order valence-corrected chi connectivity index (χ0v) is 16.2. The van der Waals surface area contributed by atoms with E-state index in [1.807, 2.05) is 17.5 Å². The molecule has 1 aromatic carbocycles. The van der Waals surface area contributed by atoms with Crippen molar-refractivity contribution in [2.45, 2.75) is 45.4 Å². The van der Waals surface area contributed by atoms with E-state index in [0.717, 1.165) is 30.5 Å². The average molecular weight is 374 g/mol. The third-order valence-corrected chi connectivity index (χ3v) is 5.72. The first kappa shape index (κ1) is 17.9. The number of benzene rings is 1. The molecule has 0 saturated heterocycles. The Morgan fingerprint density at radius 3 is 2.56 bits per heavy atom. The highest BCUT2D eigenvalue weighted by molar-refractivity contribution is 7.80. The van der Waals surface area contributed by atoms with E-state index in [1.165, 1.54) is 22.4 Å². The predicted molar refractivity (Wildman–Crippen MR) is 108 cm³/mol. The molecule has 2 aromatic rings. The van der Waals surface area contributed by atoms with Crippen LogP contribution in [0.4, 0.5) is 5.69 Å². The molecule has 1 aliphatic carbocycles. The van der Waals surface area contributed by atoms with Crippen LogP contribution in [0.3, 0.4) is 0 Å². The van der Waals surface area contributed by atoms with Gasteiger partial charge in [0.1, 0.15) is 0 Å². The third-order valence-electron chi connectivity index (χ3n) is 4.43. The summed E-state index contributed by atoms with van der Waals surface area (Å²) in [6.07, 6.45) is 4.46. The predicted octanol–water partition coefficient (Wildman–Crippen LogP) is 4.38. The quantitative estimate of drug-likeness (QED) is 0.552. The fraction of sp³-hybridized carbons (Fsp3) is 0.368. The van der Waals surface area contributed by atoms with E-state index in [1.54, 1.807) is 11.3 Å². The van der Waals surface area contributed by atoms with Crippen molar-refractivity contribution in [2.75, 3.05) is 5.32 Å². The number of hydrogen-bond donors (Lipinski definition) is 3. The molecule has 3 N–H and O–H groups in total. The minimum absolute atomic E-state index is 0.126. The molecule has 1 amide bonds. The van der Waals surface area contributed by atoms with Crippen LogP contribution in [0.25, 0.3) is 0 Å². The van der Waals surface area contributed by atoms with Crippen LogP contribution in [0.2, 0.25) is 0 Å². The van der Waals surface area contributed by atoms with Crippen molar-refractivity contribution in [3.63, 3.8) is 0 Å². The Hall–Kier alpha value is -1.92. The smallest absolute Gasteiger partial charge is 0.270 e. The molecule has 6 heteroatoms. The SMILES string of the molecule is CC(C)c1ccc(NC(=S)NNC(=O)c2csc3c2CCCC3)cc1. The van der Waals surface area contributed by atoms with Crippen LogP contribution in [0.1, 0.15) is 59.0 Å². The number of rotatable bonds is 3. The van der Waals surface area contributed by atoms with Crippen molar-refractivity contribution in [3.8, 4) is 0 Å². The van der Waals surface area contributed by atoms with E-state index < -0.39 is 0 Å². The first-order valence-corrected chi connectivity index (χ1v) is 9.90. The minimum atomic E-state index is -0.126. The van der Waals surface area contributed by atoms with Crippen LogP contribution in [0.5, 0.6) is 0 Å². The lowest BCUT2D eigenvalue weighted by Crippen LogP contribution is -2.43. The molecule has 25 heavy (non-hydrogen) atoms. The molecule has 1 heterocycles. The zero-order chi connectivity index (χ0) is 17.8. The summed E-state index contributed by atoms with van der Waals surface area (Å²) in [5.41, 5.74) is 9.64. The van der Waals surface area contributed by atoms with Crippen molar-refractivity contribution in [2.24, 2.45) is 0 Å². The van der Waals surface area contributed by atoms with Crippen LogP contribution in [-0.2, 0) is 12.8 Å². The first-order chi connectivity index (χ1) is 12.0. The number of carbonyl (C=O) groups excluding carboxylic acids is 1. The van der Waals surface area contributed by atoms with Gasteiger partial charge in [-0.05, 0) is 67.1 Å². The maximum Gasteiger partial charge on any atom is 0.270 e. The maximum atomic E-state index is 12.4. The molecule has 0 unspecified atom stereocenters. The number of anilines is 1. The van der Waals surface area contributed by atoms with E-state index in [-0.39, 0.29) is 5.91 Å². The van der Waals surface area contributed by atoms with E-state index in [9.17, 15) is 4.79 Å². The van der Waals surface area contributed by atoms with Crippen LogP contribution in [0, 0.1) is 0 Å². The van der Waals surface area contributed by atoms with Gasteiger partial charge in [0.05, 0.1) is 5.56 Å². The lowest BCUT2D eigenvalue weighted by Gasteiger charge is -2.14. The van der Waals surface area contributed by atoms with Gasteiger partial charge in [0.25, 0.3) is 5.91 Å². The van der Waals surface area contributed by atoms with Gasteiger partial charge in [-0.1, -0.05) is 26.0 Å². The molecule has 0 saturated carbocycles. The molecule has 0 fully saturated rings. The molecule has 1 aliphatic rings. The Bertz CT molecular complexity index is 765. The number of aryl methyl sites for hydroxylation is 1. The summed E-state index contributed by atoms with van der Waals surface area (Å²) in [5, 5.41) is 5.40. The van der Waals surface area contributed by atoms with Crippen molar-refractivity contribution in [3.05, 3.63) is 51.2 Å². The molecule has 0 radical (unpaired) electrons. The Morgan fingerprint density at radius 1 is 1.12 bits per heavy atom. The number of hydrazine groups is 1. The van der Waals surface area contributed by atoms with Crippen molar-refractivity contribution in [1.29, 1.82) is 0 Å². The highest BCUT2D eigenvalue weighted by Gasteiger charge is 2.20. The number of thiophene rings is 1. The molecular formula is C19H23N3OS2. The van der Waals surface area contributed by atoms with E-state index in [2.05, 4.69) is 42.1 Å². The second-order valence-corrected chi connectivity index (χ2v) is 7.94. The fourth-order valence-electron chi connectivity index (χ4n) is 2.98. The molecule has 3 rings (SSSR count). The molecule has 0 atom stereocenters. The van der Waals surface area contributed by atoms with Crippen LogP contribution >= 0.6 is 23.6 Å². The lowest BCUT2D eigenvalue weighted by molar-refractivity contribution is 0.0943. The van der Waals surface area contributed by atoms with Crippen molar-refractivity contribution in [1.82, 2.24) is 10.9 Å². The minimum Gasteiger partial charge on any atom is -0.331 e. The molecule has 0 bridgehead atoms. The first-order valence-electron chi connectivity index (χ1n) is 8.61. The largest absolute Gasteiger partial charge is 0.331 e. The monoisotopic (exact) mass is 373 g/mol. The molecule has 132 valence electrons. The van der Waals surface area contributed by atoms with Gasteiger partial charge in [-0.15, -0.1) is 11.3 Å². The summed E-state index contributed by atoms with van der Waals surface area (Å²) in [6.45, 7) is 4.32.